The Hall–Kier alpha value is -1.19. The molecule has 3 rings (SSSR count). The SMILES string of the molecule is CCc1nc(C(N)c2cccc(C3CC3)c2)sc1C. The number of rotatable bonds is 4. The van der Waals surface area contributed by atoms with Crippen LogP contribution in [0.4, 0.5) is 0 Å². The molecule has 2 N–H and O–H groups in total. The summed E-state index contributed by atoms with van der Waals surface area (Å²) in [5.74, 6) is 0.774. The fraction of sp³-hybridized carbons (Fsp3) is 0.438. The van der Waals surface area contributed by atoms with Gasteiger partial charge in [-0.2, -0.15) is 0 Å². The molecule has 100 valence electrons. The molecule has 1 heterocycles. The molecule has 2 nitrogen and oxygen atoms in total. The molecule has 0 radical (unpaired) electrons. The lowest BCUT2D eigenvalue weighted by Crippen LogP contribution is -2.11. The van der Waals surface area contributed by atoms with Crippen LogP contribution in [-0.2, 0) is 6.42 Å². The molecule has 19 heavy (non-hydrogen) atoms. The van der Waals surface area contributed by atoms with Gasteiger partial charge in [-0.1, -0.05) is 31.2 Å². The summed E-state index contributed by atoms with van der Waals surface area (Å²) < 4.78 is 0. The maximum Gasteiger partial charge on any atom is 0.114 e. The summed E-state index contributed by atoms with van der Waals surface area (Å²) in [7, 11) is 0. The molecule has 1 aliphatic rings. The third-order valence-corrected chi connectivity index (χ3v) is 4.92. The van der Waals surface area contributed by atoms with E-state index < -0.39 is 0 Å². The van der Waals surface area contributed by atoms with Crippen LogP contribution in [0, 0.1) is 6.92 Å². The first kappa shape index (κ1) is 12.8. The van der Waals surface area contributed by atoms with Crippen molar-refractivity contribution in [3.05, 3.63) is 51.0 Å². The molecule has 1 aromatic heterocycles. The van der Waals surface area contributed by atoms with E-state index in [4.69, 9.17) is 5.73 Å². The summed E-state index contributed by atoms with van der Waals surface area (Å²) in [6, 6.07) is 8.66. The highest BCUT2D eigenvalue weighted by Crippen LogP contribution is 2.40. The molecule has 0 bridgehead atoms. The number of benzene rings is 1. The Balaban J connectivity index is 1.89. The number of hydrogen-bond acceptors (Lipinski definition) is 3. The minimum atomic E-state index is -0.0808. The van der Waals surface area contributed by atoms with E-state index in [2.05, 4.69) is 43.1 Å². The van der Waals surface area contributed by atoms with E-state index in [9.17, 15) is 0 Å². The standard InChI is InChI=1S/C16H20N2S/c1-3-14-10(2)19-16(18-14)15(17)13-6-4-5-12(9-13)11-7-8-11/h4-6,9,11,15H,3,7-8,17H2,1-2H3. The van der Waals surface area contributed by atoms with Crippen molar-refractivity contribution in [3.8, 4) is 0 Å². The van der Waals surface area contributed by atoms with Crippen molar-refractivity contribution in [1.29, 1.82) is 0 Å². The smallest absolute Gasteiger partial charge is 0.114 e. The molecule has 3 heteroatoms. The lowest BCUT2D eigenvalue weighted by molar-refractivity contribution is 0.841. The van der Waals surface area contributed by atoms with Crippen LogP contribution in [0.15, 0.2) is 24.3 Å². The van der Waals surface area contributed by atoms with E-state index in [-0.39, 0.29) is 6.04 Å². The molecule has 0 spiro atoms. The summed E-state index contributed by atoms with van der Waals surface area (Å²) in [6.45, 7) is 4.28. The summed E-state index contributed by atoms with van der Waals surface area (Å²) in [5.41, 5.74) is 10.2. The summed E-state index contributed by atoms with van der Waals surface area (Å²) in [5, 5.41) is 1.04. The molecule has 1 unspecified atom stereocenters. The van der Waals surface area contributed by atoms with Crippen LogP contribution in [0.3, 0.4) is 0 Å². The predicted molar refractivity (Wildman–Crippen MR) is 80.7 cm³/mol. The van der Waals surface area contributed by atoms with Gasteiger partial charge in [0.1, 0.15) is 5.01 Å². The van der Waals surface area contributed by atoms with Crippen LogP contribution in [0.25, 0.3) is 0 Å². The van der Waals surface area contributed by atoms with Crippen LogP contribution in [-0.4, -0.2) is 4.98 Å². The zero-order chi connectivity index (χ0) is 13.4. The highest BCUT2D eigenvalue weighted by atomic mass is 32.1. The van der Waals surface area contributed by atoms with Crippen LogP contribution in [0.5, 0.6) is 0 Å². The molecule has 1 aromatic carbocycles. The second-order valence-corrected chi connectivity index (χ2v) is 6.57. The van der Waals surface area contributed by atoms with E-state index >= 15 is 0 Å². The highest BCUT2D eigenvalue weighted by Gasteiger charge is 2.24. The van der Waals surface area contributed by atoms with Gasteiger partial charge in [-0.15, -0.1) is 11.3 Å². The van der Waals surface area contributed by atoms with Crippen molar-refractivity contribution in [2.45, 2.75) is 45.1 Å². The van der Waals surface area contributed by atoms with E-state index in [1.807, 2.05) is 0 Å². The molecule has 1 saturated carbocycles. The quantitative estimate of drug-likeness (QED) is 0.915. The maximum atomic E-state index is 6.39. The Morgan fingerprint density at radius 3 is 2.84 bits per heavy atom. The van der Waals surface area contributed by atoms with Gasteiger partial charge in [-0.05, 0) is 43.2 Å². The van der Waals surface area contributed by atoms with Crippen molar-refractivity contribution in [2.24, 2.45) is 5.73 Å². The van der Waals surface area contributed by atoms with Crippen molar-refractivity contribution in [2.75, 3.05) is 0 Å². The van der Waals surface area contributed by atoms with Crippen molar-refractivity contribution in [1.82, 2.24) is 4.98 Å². The van der Waals surface area contributed by atoms with Gasteiger partial charge in [0.15, 0.2) is 0 Å². The van der Waals surface area contributed by atoms with Gasteiger partial charge in [0.05, 0.1) is 11.7 Å². The fourth-order valence-electron chi connectivity index (χ4n) is 2.48. The van der Waals surface area contributed by atoms with Gasteiger partial charge in [0.2, 0.25) is 0 Å². The van der Waals surface area contributed by atoms with Crippen LogP contribution >= 0.6 is 11.3 Å². The average molecular weight is 272 g/mol. The number of hydrogen-bond donors (Lipinski definition) is 1. The second-order valence-electron chi connectivity index (χ2n) is 5.33. The topological polar surface area (TPSA) is 38.9 Å². The lowest BCUT2D eigenvalue weighted by Gasteiger charge is -2.10. The molecule has 2 aromatic rings. The molecule has 1 aliphatic carbocycles. The minimum absolute atomic E-state index is 0.0808. The predicted octanol–water partition coefficient (Wildman–Crippen LogP) is 3.94. The third kappa shape index (κ3) is 2.58. The first-order valence-corrected chi connectivity index (χ1v) is 7.82. The van der Waals surface area contributed by atoms with Gasteiger partial charge in [0.25, 0.3) is 0 Å². The summed E-state index contributed by atoms with van der Waals surface area (Å²) in [4.78, 5) is 5.99. The highest BCUT2D eigenvalue weighted by molar-refractivity contribution is 7.11. The van der Waals surface area contributed by atoms with Crippen LogP contribution < -0.4 is 5.73 Å². The van der Waals surface area contributed by atoms with Gasteiger partial charge in [0, 0.05) is 4.88 Å². The van der Waals surface area contributed by atoms with Gasteiger partial charge in [-0.25, -0.2) is 4.98 Å². The van der Waals surface area contributed by atoms with Crippen molar-refractivity contribution < 1.29 is 0 Å². The molecule has 1 fully saturated rings. The number of nitrogens with two attached hydrogens (primary N) is 1. The normalized spacial score (nSPS) is 16.6. The Morgan fingerprint density at radius 2 is 2.21 bits per heavy atom. The molecule has 1 atom stereocenters. The Bertz CT molecular complexity index is 584. The van der Waals surface area contributed by atoms with E-state index in [0.717, 1.165) is 17.3 Å². The van der Waals surface area contributed by atoms with Gasteiger partial charge >= 0.3 is 0 Å². The summed E-state index contributed by atoms with van der Waals surface area (Å²) >= 11 is 1.74. The van der Waals surface area contributed by atoms with Crippen LogP contribution in [0.1, 0.15) is 58.4 Å². The van der Waals surface area contributed by atoms with Gasteiger partial charge < -0.3 is 5.73 Å². The second kappa shape index (κ2) is 5.06. The van der Waals surface area contributed by atoms with E-state index in [1.165, 1.54) is 34.5 Å². The van der Waals surface area contributed by atoms with Crippen molar-refractivity contribution >= 4 is 11.3 Å². The molecular weight excluding hydrogens is 252 g/mol. The van der Waals surface area contributed by atoms with Gasteiger partial charge in [-0.3, -0.25) is 0 Å². The zero-order valence-electron chi connectivity index (χ0n) is 11.5. The third-order valence-electron chi connectivity index (χ3n) is 3.83. The lowest BCUT2D eigenvalue weighted by atomic mass is 10.0. The first-order chi connectivity index (χ1) is 9.19. The van der Waals surface area contributed by atoms with E-state index in [0.29, 0.717) is 0 Å². The molecular formula is C16H20N2S. The fourth-order valence-corrected chi connectivity index (χ4v) is 3.52. The number of aromatic nitrogens is 1. The monoisotopic (exact) mass is 272 g/mol. The van der Waals surface area contributed by atoms with Crippen LogP contribution in [0.2, 0.25) is 0 Å². The first-order valence-electron chi connectivity index (χ1n) is 7.00. The Kier molecular flexibility index (Phi) is 3.42. The molecule has 0 amide bonds. The Morgan fingerprint density at radius 1 is 1.42 bits per heavy atom. The number of nitrogens with zero attached hydrogens (tertiary/aromatic N) is 1. The molecule has 0 aliphatic heterocycles. The Labute approximate surface area is 118 Å². The average Bonchev–Trinajstić information content (AvgIpc) is 3.21. The van der Waals surface area contributed by atoms with E-state index in [1.54, 1.807) is 11.3 Å². The minimum Gasteiger partial charge on any atom is -0.318 e. The van der Waals surface area contributed by atoms with Crippen molar-refractivity contribution in [3.63, 3.8) is 0 Å². The molecule has 0 saturated heterocycles. The number of thiazole rings is 1. The summed E-state index contributed by atoms with van der Waals surface area (Å²) in [6.07, 6.45) is 3.64. The largest absolute Gasteiger partial charge is 0.318 e. The zero-order valence-corrected chi connectivity index (χ0v) is 12.3. The number of aryl methyl sites for hydroxylation is 2. The maximum absolute atomic E-state index is 6.39.